The van der Waals surface area contributed by atoms with E-state index in [1.54, 1.807) is 31.3 Å². The molecule has 0 spiro atoms. The average molecular weight is 298 g/mol. The van der Waals surface area contributed by atoms with Crippen LogP contribution in [0.1, 0.15) is 36.5 Å². The van der Waals surface area contributed by atoms with Gasteiger partial charge in [-0.25, -0.2) is 0 Å². The first-order valence-electron chi connectivity index (χ1n) is 6.72. The fraction of sp³-hybridized carbons (Fsp3) is 0.467. The lowest BCUT2D eigenvalue weighted by Gasteiger charge is -2.17. The van der Waals surface area contributed by atoms with Gasteiger partial charge < -0.3 is 9.64 Å². The molecule has 0 unspecified atom stereocenters. The molecule has 0 saturated carbocycles. The first-order valence-corrected chi connectivity index (χ1v) is 7.09. The molecule has 0 N–H and O–H groups in total. The molecule has 0 aliphatic rings. The fourth-order valence-corrected chi connectivity index (χ4v) is 1.91. The van der Waals surface area contributed by atoms with E-state index in [-0.39, 0.29) is 12.5 Å². The van der Waals surface area contributed by atoms with Gasteiger partial charge >= 0.3 is 5.97 Å². The molecule has 0 heterocycles. The third-order valence-corrected chi connectivity index (χ3v) is 3.16. The second-order valence-corrected chi connectivity index (χ2v) is 4.98. The van der Waals surface area contributed by atoms with Gasteiger partial charge in [-0.2, -0.15) is 0 Å². The van der Waals surface area contributed by atoms with Crippen LogP contribution in [0.2, 0.25) is 5.02 Å². The Labute approximate surface area is 124 Å². The van der Waals surface area contributed by atoms with Crippen LogP contribution in [0.3, 0.4) is 0 Å². The summed E-state index contributed by atoms with van der Waals surface area (Å²) in [7, 11) is 1.55. The molecule has 4 nitrogen and oxygen atoms in total. The molecule has 5 heteroatoms. The molecule has 1 amide bonds. The summed E-state index contributed by atoms with van der Waals surface area (Å²) >= 11 is 5.95. The van der Waals surface area contributed by atoms with Gasteiger partial charge in [-0.3, -0.25) is 9.59 Å². The number of halogens is 1. The average Bonchev–Trinajstić information content (AvgIpc) is 2.43. The van der Waals surface area contributed by atoms with Crippen molar-refractivity contribution >= 4 is 23.5 Å². The second kappa shape index (κ2) is 8.59. The van der Waals surface area contributed by atoms with Crippen molar-refractivity contribution in [3.8, 4) is 0 Å². The highest BCUT2D eigenvalue weighted by Gasteiger charge is 2.17. The Kier molecular flexibility index (Phi) is 7.09. The summed E-state index contributed by atoms with van der Waals surface area (Å²) in [5, 5.41) is 0.376. The Morgan fingerprint density at radius 3 is 2.60 bits per heavy atom. The molecule has 0 aliphatic heterocycles. The van der Waals surface area contributed by atoms with Crippen molar-refractivity contribution in [1.29, 1.82) is 0 Å². The number of amides is 1. The number of carbonyl (C=O) groups excluding carboxylic acids is 2. The first-order chi connectivity index (χ1) is 9.56. The van der Waals surface area contributed by atoms with Crippen LogP contribution in [0.25, 0.3) is 0 Å². The summed E-state index contributed by atoms with van der Waals surface area (Å²) in [6.45, 7) is 2.41. The van der Waals surface area contributed by atoms with E-state index in [1.807, 2.05) is 0 Å². The predicted octanol–water partition coefficient (Wildman–Crippen LogP) is 3.15. The van der Waals surface area contributed by atoms with Gasteiger partial charge in [0.1, 0.15) is 6.54 Å². The molecule has 0 radical (unpaired) electrons. The molecule has 1 aromatic carbocycles. The number of unbranched alkanes of at least 4 members (excludes halogenated alkanes) is 2. The molecule has 0 aromatic heterocycles. The summed E-state index contributed by atoms with van der Waals surface area (Å²) in [6, 6.07) is 6.76. The predicted molar refractivity (Wildman–Crippen MR) is 78.9 cm³/mol. The minimum absolute atomic E-state index is 0.0732. The summed E-state index contributed by atoms with van der Waals surface area (Å²) in [6.07, 6.45) is 2.95. The summed E-state index contributed by atoms with van der Waals surface area (Å²) in [5.74, 6) is -0.690. The molecule has 110 valence electrons. The zero-order valence-electron chi connectivity index (χ0n) is 11.9. The maximum Gasteiger partial charge on any atom is 0.325 e. The Bertz CT molecular complexity index is 462. The number of nitrogens with zero attached hydrogens (tertiary/aromatic N) is 1. The topological polar surface area (TPSA) is 46.6 Å². The zero-order valence-corrected chi connectivity index (χ0v) is 12.7. The number of esters is 1. The van der Waals surface area contributed by atoms with Gasteiger partial charge in [0.2, 0.25) is 0 Å². The lowest BCUT2D eigenvalue weighted by Crippen LogP contribution is -2.33. The Balaban J connectivity index is 2.46. The van der Waals surface area contributed by atoms with E-state index in [1.165, 1.54) is 4.90 Å². The van der Waals surface area contributed by atoms with Crippen LogP contribution in [0.5, 0.6) is 0 Å². The van der Waals surface area contributed by atoms with Crippen molar-refractivity contribution in [1.82, 2.24) is 4.90 Å². The molecular formula is C15H20ClNO3. The molecule has 1 rings (SSSR count). The van der Waals surface area contributed by atoms with E-state index in [2.05, 4.69) is 6.92 Å². The molecule has 0 atom stereocenters. The fourth-order valence-electron chi connectivity index (χ4n) is 1.69. The number of ether oxygens (including phenoxy) is 1. The van der Waals surface area contributed by atoms with Gasteiger partial charge in [-0.1, -0.05) is 43.5 Å². The van der Waals surface area contributed by atoms with Crippen LogP contribution < -0.4 is 0 Å². The van der Waals surface area contributed by atoms with Gasteiger partial charge in [0.05, 0.1) is 17.2 Å². The summed E-state index contributed by atoms with van der Waals surface area (Å²) < 4.78 is 5.07. The van der Waals surface area contributed by atoms with Crippen molar-refractivity contribution < 1.29 is 14.3 Å². The first kappa shape index (κ1) is 16.5. The normalized spacial score (nSPS) is 10.2. The van der Waals surface area contributed by atoms with E-state index in [0.29, 0.717) is 17.2 Å². The number of hydrogen-bond acceptors (Lipinski definition) is 3. The van der Waals surface area contributed by atoms with E-state index in [0.717, 1.165) is 19.3 Å². The number of hydrogen-bond donors (Lipinski definition) is 0. The van der Waals surface area contributed by atoms with Crippen LogP contribution in [-0.4, -0.2) is 37.0 Å². The molecule has 0 saturated heterocycles. The van der Waals surface area contributed by atoms with E-state index in [4.69, 9.17) is 16.3 Å². The minimum Gasteiger partial charge on any atom is -0.464 e. The maximum absolute atomic E-state index is 12.1. The monoisotopic (exact) mass is 297 g/mol. The molecule has 0 aliphatic carbocycles. The Hall–Kier alpha value is -1.55. The van der Waals surface area contributed by atoms with Crippen molar-refractivity contribution in [2.24, 2.45) is 0 Å². The van der Waals surface area contributed by atoms with Crippen LogP contribution in [0.15, 0.2) is 24.3 Å². The van der Waals surface area contributed by atoms with Gasteiger partial charge in [0, 0.05) is 7.05 Å². The number of carbonyl (C=O) groups is 2. The quantitative estimate of drug-likeness (QED) is 0.574. The molecule has 0 bridgehead atoms. The van der Waals surface area contributed by atoms with E-state index in [9.17, 15) is 9.59 Å². The Morgan fingerprint density at radius 1 is 1.25 bits per heavy atom. The summed E-state index contributed by atoms with van der Waals surface area (Å²) in [4.78, 5) is 25.0. The van der Waals surface area contributed by atoms with Crippen LogP contribution in [0, 0.1) is 0 Å². The maximum atomic E-state index is 12.1. The number of rotatable bonds is 7. The highest BCUT2D eigenvalue weighted by Crippen LogP contribution is 2.16. The van der Waals surface area contributed by atoms with Gasteiger partial charge in [-0.15, -0.1) is 0 Å². The van der Waals surface area contributed by atoms with Crippen LogP contribution >= 0.6 is 11.6 Å². The third kappa shape index (κ3) is 5.21. The van der Waals surface area contributed by atoms with E-state index < -0.39 is 5.97 Å². The lowest BCUT2D eigenvalue weighted by molar-refractivity contribution is -0.144. The van der Waals surface area contributed by atoms with Crippen molar-refractivity contribution in [2.75, 3.05) is 20.2 Å². The SMILES string of the molecule is CCCCCOC(=O)CN(C)C(=O)c1ccccc1Cl. The molecule has 1 aromatic rings. The number of likely N-dealkylation sites (N-methyl/N-ethyl adjacent to an activating group) is 1. The lowest BCUT2D eigenvalue weighted by atomic mass is 10.2. The molecular weight excluding hydrogens is 278 g/mol. The molecule has 0 fully saturated rings. The molecule has 20 heavy (non-hydrogen) atoms. The zero-order chi connectivity index (χ0) is 15.0. The van der Waals surface area contributed by atoms with Crippen molar-refractivity contribution in [3.63, 3.8) is 0 Å². The van der Waals surface area contributed by atoms with Gasteiger partial charge in [-0.05, 0) is 18.6 Å². The summed E-state index contributed by atoms with van der Waals surface area (Å²) in [5.41, 5.74) is 0.385. The van der Waals surface area contributed by atoms with Gasteiger partial charge in [0.25, 0.3) is 5.91 Å². The van der Waals surface area contributed by atoms with Crippen molar-refractivity contribution in [3.05, 3.63) is 34.9 Å². The third-order valence-electron chi connectivity index (χ3n) is 2.83. The highest BCUT2D eigenvalue weighted by molar-refractivity contribution is 6.33. The van der Waals surface area contributed by atoms with Gasteiger partial charge in [0.15, 0.2) is 0 Å². The number of benzene rings is 1. The largest absolute Gasteiger partial charge is 0.464 e. The Morgan fingerprint density at radius 2 is 1.95 bits per heavy atom. The van der Waals surface area contributed by atoms with Crippen LogP contribution in [-0.2, 0) is 9.53 Å². The minimum atomic E-state index is -0.399. The second-order valence-electron chi connectivity index (χ2n) is 4.57. The van der Waals surface area contributed by atoms with E-state index >= 15 is 0 Å². The van der Waals surface area contributed by atoms with Crippen LogP contribution in [0.4, 0.5) is 0 Å². The smallest absolute Gasteiger partial charge is 0.325 e. The van der Waals surface area contributed by atoms with Crippen molar-refractivity contribution in [2.45, 2.75) is 26.2 Å². The standard InChI is InChI=1S/C15H20ClNO3/c1-3-4-7-10-20-14(18)11-17(2)15(19)12-8-5-6-9-13(12)16/h5-6,8-9H,3-4,7,10-11H2,1-2H3. The highest BCUT2D eigenvalue weighted by atomic mass is 35.5.